The molecule has 0 saturated carbocycles. The fourth-order valence-electron chi connectivity index (χ4n) is 2.74. The lowest BCUT2D eigenvalue weighted by Crippen LogP contribution is -2.45. The average molecular weight is 413 g/mol. The second kappa shape index (κ2) is 14.3. The van der Waals surface area contributed by atoms with Gasteiger partial charge in [-0.2, -0.15) is 0 Å². The fraction of sp³-hybridized carbons (Fsp3) is 0.400. The van der Waals surface area contributed by atoms with Crippen LogP contribution in [0.3, 0.4) is 0 Å². The topological polar surface area (TPSA) is 71.2 Å². The van der Waals surface area contributed by atoms with Gasteiger partial charge in [-0.05, 0) is 30.2 Å². The number of hydrogen-bond donors (Lipinski definition) is 2. The highest BCUT2D eigenvalue weighted by atomic mass is 35.5. The monoisotopic (exact) mass is 412 g/mol. The molecule has 1 atom stereocenters. The van der Waals surface area contributed by atoms with Gasteiger partial charge < -0.3 is 16.0 Å². The van der Waals surface area contributed by atoms with Crippen molar-refractivity contribution in [2.24, 2.45) is 5.73 Å². The summed E-state index contributed by atoms with van der Waals surface area (Å²) >= 11 is 0. The zero-order valence-corrected chi connectivity index (χ0v) is 17.3. The lowest BCUT2D eigenvalue weighted by Gasteiger charge is -2.26. The minimum absolute atomic E-state index is 0. The molecule has 0 aliphatic rings. The number of amides is 1. The number of rotatable bonds is 10. The van der Waals surface area contributed by atoms with E-state index in [1.54, 1.807) is 6.20 Å². The number of carbonyl (C=O) groups is 1. The molecule has 0 aliphatic heterocycles. The Kier molecular flexibility index (Phi) is 13.3. The van der Waals surface area contributed by atoms with Crippen molar-refractivity contribution in [1.29, 1.82) is 0 Å². The largest absolute Gasteiger partial charge is 0.358 e. The van der Waals surface area contributed by atoms with Crippen molar-refractivity contribution in [3.05, 3.63) is 60.4 Å². The van der Waals surface area contributed by atoms with Gasteiger partial charge in [0.15, 0.2) is 0 Å². The van der Waals surface area contributed by atoms with Gasteiger partial charge >= 0.3 is 0 Å². The van der Waals surface area contributed by atoms with Crippen LogP contribution in [-0.2, 0) is 11.3 Å². The molecule has 0 saturated heterocycles. The van der Waals surface area contributed by atoms with Crippen molar-refractivity contribution in [3.8, 4) is 0 Å². The van der Waals surface area contributed by atoms with Gasteiger partial charge in [-0.25, -0.2) is 0 Å². The van der Waals surface area contributed by atoms with Crippen LogP contribution >= 0.6 is 24.8 Å². The summed E-state index contributed by atoms with van der Waals surface area (Å²) in [5.74, 6) is -0.000651. The lowest BCUT2D eigenvalue weighted by molar-refractivity contribution is -0.120. The number of pyridine rings is 1. The van der Waals surface area contributed by atoms with Gasteiger partial charge in [-0.15, -0.1) is 24.8 Å². The van der Waals surface area contributed by atoms with Gasteiger partial charge in [0.2, 0.25) is 5.91 Å². The van der Waals surface area contributed by atoms with Crippen molar-refractivity contribution in [2.45, 2.75) is 38.8 Å². The quantitative estimate of drug-likeness (QED) is 0.625. The van der Waals surface area contributed by atoms with Crippen LogP contribution in [0.5, 0.6) is 0 Å². The Labute approximate surface area is 174 Å². The van der Waals surface area contributed by atoms with Crippen molar-refractivity contribution < 1.29 is 4.79 Å². The minimum atomic E-state index is -0.000651. The highest BCUT2D eigenvalue weighted by molar-refractivity contribution is 5.85. The SMILES string of the molecule is CCCCC(CN)NC(=O)CN(Cc1cccnc1)c1ccccc1.Cl.Cl. The van der Waals surface area contributed by atoms with Crippen LogP contribution in [0.2, 0.25) is 0 Å². The minimum Gasteiger partial charge on any atom is -0.358 e. The molecule has 1 aromatic heterocycles. The molecule has 0 bridgehead atoms. The molecule has 0 spiro atoms. The number of unbranched alkanes of at least 4 members (excludes halogenated alkanes) is 1. The molecular formula is C20H30Cl2N4O. The molecule has 1 heterocycles. The van der Waals surface area contributed by atoms with Gasteiger partial charge in [0.1, 0.15) is 0 Å². The van der Waals surface area contributed by atoms with Gasteiger partial charge in [0.25, 0.3) is 0 Å². The molecule has 1 aromatic carbocycles. The van der Waals surface area contributed by atoms with Crippen LogP contribution in [0, 0.1) is 0 Å². The van der Waals surface area contributed by atoms with Crippen LogP contribution in [0.1, 0.15) is 31.7 Å². The third kappa shape index (κ3) is 9.09. The van der Waals surface area contributed by atoms with Crippen LogP contribution in [0.4, 0.5) is 5.69 Å². The maximum Gasteiger partial charge on any atom is 0.239 e. The number of nitrogens with one attached hydrogen (secondary N) is 1. The smallest absolute Gasteiger partial charge is 0.239 e. The van der Waals surface area contributed by atoms with E-state index in [4.69, 9.17) is 5.73 Å². The first-order chi connectivity index (χ1) is 12.2. The summed E-state index contributed by atoms with van der Waals surface area (Å²) in [6.45, 7) is 3.54. The molecule has 1 amide bonds. The number of nitrogens with zero attached hydrogens (tertiary/aromatic N) is 2. The second-order valence-corrected chi connectivity index (χ2v) is 6.20. The number of aromatic nitrogens is 1. The zero-order valence-electron chi connectivity index (χ0n) is 15.7. The summed E-state index contributed by atoms with van der Waals surface area (Å²) in [5.41, 5.74) is 7.87. The molecule has 2 rings (SSSR count). The Morgan fingerprint density at radius 3 is 2.52 bits per heavy atom. The molecule has 0 fully saturated rings. The maximum absolute atomic E-state index is 12.5. The van der Waals surface area contributed by atoms with E-state index < -0.39 is 0 Å². The van der Waals surface area contributed by atoms with Gasteiger partial charge in [0, 0.05) is 37.2 Å². The van der Waals surface area contributed by atoms with Crippen LogP contribution in [-0.4, -0.2) is 30.0 Å². The molecule has 3 N–H and O–H groups in total. The highest BCUT2D eigenvalue weighted by Crippen LogP contribution is 2.16. The highest BCUT2D eigenvalue weighted by Gasteiger charge is 2.15. The van der Waals surface area contributed by atoms with Crippen molar-refractivity contribution in [1.82, 2.24) is 10.3 Å². The number of benzene rings is 1. The van der Waals surface area contributed by atoms with E-state index in [9.17, 15) is 4.79 Å². The Bertz CT molecular complexity index is 628. The summed E-state index contributed by atoms with van der Waals surface area (Å²) in [6, 6.07) is 13.9. The first-order valence-electron chi connectivity index (χ1n) is 8.91. The molecule has 0 aliphatic carbocycles. The predicted molar refractivity (Wildman–Crippen MR) is 117 cm³/mol. The molecule has 5 nitrogen and oxygen atoms in total. The van der Waals surface area contributed by atoms with E-state index in [0.717, 1.165) is 30.5 Å². The average Bonchev–Trinajstić information content (AvgIpc) is 2.66. The van der Waals surface area contributed by atoms with E-state index >= 15 is 0 Å². The summed E-state index contributed by atoms with van der Waals surface area (Å²) in [5, 5.41) is 3.07. The van der Waals surface area contributed by atoms with E-state index in [0.29, 0.717) is 19.6 Å². The fourth-order valence-corrected chi connectivity index (χ4v) is 2.74. The van der Waals surface area contributed by atoms with Gasteiger partial charge in [-0.3, -0.25) is 9.78 Å². The van der Waals surface area contributed by atoms with Crippen LogP contribution in [0.25, 0.3) is 0 Å². The van der Waals surface area contributed by atoms with Crippen LogP contribution < -0.4 is 16.0 Å². The van der Waals surface area contributed by atoms with Crippen molar-refractivity contribution in [3.63, 3.8) is 0 Å². The first kappa shape index (κ1) is 25.2. The second-order valence-electron chi connectivity index (χ2n) is 6.20. The van der Waals surface area contributed by atoms with Gasteiger partial charge in [0.05, 0.1) is 6.54 Å². The normalized spacial score (nSPS) is 10.9. The summed E-state index contributed by atoms with van der Waals surface area (Å²) in [6.07, 6.45) is 6.68. The summed E-state index contributed by atoms with van der Waals surface area (Å²) < 4.78 is 0. The van der Waals surface area contributed by atoms with E-state index in [1.807, 2.05) is 48.7 Å². The standard InChI is InChI=1S/C20H28N4O.2ClH/c1-2-3-9-18(13-21)23-20(25)16-24(19-10-5-4-6-11-19)15-17-8-7-12-22-14-17;;/h4-8,10-12,14,18H,2-3,9,13,15-16,21H2,1H3,(H,23,25);2*1H. The Hall–Kier alpha value is -1.82. The molecule has 1 unspecified atom stereocenters. The molecule has 0 radical (unpaired) electrons. The zero-order chi connectivity index (χ0) is 17.9. The van der Waals surface area contributed by atoms with Crippen molar-refractivity contribution >= 4 is 36.4 Å². The number of nitrogens with two attached hydrogens (primary N) is 1. The lowest BCUT2D eigenvalue weighted by atomic mass is 10.1. The number of carbonyl (C=O) groups excluding carboxylic acids is 1. The molecule has 150 valence electrons. The first-order valence-corrected chi connectivity index (χ1v) is 8.91. The Morgan fingerprint density at radius 2 is 1.93 bits per heavy atom. The number of hydrogen-bond acceptors (Lipinski definition) is 4. The molecule has 2 aromatic rings. The number of anilines is 1. The molecule has 27 heavy (non-hydrogen) atoms. The summed E-state index contributed by atoms with van der Waals surface area (Å²) in [7, 11) is 0. The molecular weight excluding hydrogens is 383 g/mol. The predicted octanol–water partition coefficient (Wildman–Crippen LogP) is 3.57. The molecule has 7 heteroatoms. The third-order valence-electron chi connectivity index (χ3n) is 4.11. The third-order valence-corrected chi connectivity index (χ3v) is 4.11. The van der Waals surface area contributed by atoms with Crippen molar-refractivity contribution in [2.75, 3.05) is 18.0 Å². The van der Waals surface area contributed by atoms with Gasteiger partial charge in [-0.1, -0.05) is 44.0 Å². The summed E-state index contributed by atoms with van der Waals surface area (Å²) in [4.78, 5) is 18.7. The Balaban J connectivity index is 0.00000338. The number of para-hydroxylation sites is 1. The Morgan fingerprint density at radius 1 is 1.19 bits per heavy atom. The van der Waals surface area contributed by atoms with Crippen LogP contribution in [0.15, 0.2) is 54.9 Å². The maximum atomic E-state index is 12.5. The number of halogens is 2. The van der Waals surface area contributed by atoms with E-state index in [2.05, 4.69) is 22.1 Å². The van der Waals surface area contributed by atoms with E-state index in [-0.39, 0.29) is 36.8 Å². The van der Waals surface area contributed by atoms with E-state index in [1.165, 1.54) is 0 Å².